The van der Waals surface area contributed by atoms with Crippen molar-refractivity contribution in [2.24, 2.45) is 5.92 Å². The highest BCUT2D eigenvalue weighted by atomic mass is 31.2. The van der Waals surface area contributed by atoms with E-state index in [0.29, 0.717) is 6.42 Å². The van der Waals surface area contributed by atoms with Crippen LogP contribution in [0, 0.1) is 5.92 Å². The third kappa shape index (κ3) is 2.52. The molecule has 7 heteroatoms. The predicted molar refractivity (Wildman–Crippen MR) is 56.1 cm³/mol. The molecule has 1 saturated carbocycles. The quantitative estimate of drug-likeness (QED) is 0.527. The molecule has 2 fully saturated rings. The molecule has 1 aliphatic carbocycles. The standard InChI is InChI=1S/C9H16BO5P/c1-5(2)14-8-3-7(10)9-6(8)4-13-16(11,12)15-9/h5-9H,3-4H2,1-2H3,(H,11,12)/p-1/t6-,7+,8?,9?/m1/s1. The number of hydrogen-bond acceptors (Lipinski definition) is 5. The van der Waals surface area contributed by atoms with Gasteiger partial charge in [-0.05, 0) is 26.1 Å². The molecule has 1 heterocycles. The maximum Gasteiger partial charge on any atom is 0.268 e. The summed E-state index contributed by atoms with van der Waals surface area (Å²) in [7, 11) is 1.72. The molecule has 16 heavy (non-hydrogen) atoms. The van der Waals surface area contributed by atoms with Gasteiger partial charge in [0.2, 0.25) is 0 Å². The molecule has 0 amide bonds. The Balaban J connectivity index is 2.06. The lowest BCUT2D eigenvalue weighted by Gasteiger charge is -2.38. The van der Waals surface area contributed by atoms with E-state index in [0.717, 1.165) is 0 Å². The Kier molecular flexibility index (Phi) is 3.48. The van der Waals surface area contributed by atoms with Crippen LogP contribution in [0.15, 0.2) is 0 Å². The summed E-state index contributed by atoms with van der Waals surface area (Å²) in [6.07, 6.45) is 0.106. The number of ether oxygens (including phenoxy) is 1. The van der Waals surface area contributed by atoms with E-state index in [9.17, 15) is 9.46 Å². The molecular weight excluding hydrogens is 230 g/mol. The third-order valence-corrected chi connectivity index (χ3v) is 3.92. The average Bonchev–Trinajstić information content (AvgIpc) is 2.40. The van der Waals surface area contributed by atoms with Crippen LogP contribution in [0.3, 0.4) is 0 Å². The van der Waals surface area contributed by atoms with Gasteiger partial charge in [0.25, 0.3) is 7.82 Å². The summed E-state index contributed by atoms with van der Waals surface area (Å²) in [5, 5.41) is 0. The van der Waals surface area contributed by atoms with Gasteiger partial charge >= 0.3 is 0 Å². The van der Waals surface area contributed by atoms with Crippen molar-refractivity contribution in [3.8, 4) is 0 Å². The second-order valence-electron chi connectivity index (χ2n) is 4.60. The van der Waals surface area contributed by atoms with Crippen molar-refractivity contribution in [1.29, 1.82) is 0 Å². The number of hydrogen-bond donors (Lipinski definition) is 0. The van der Waals surface area contributed by atoms with Crippen molar-refractivity contribution in [1.82, 2.24) is 0 Å². The minimum absolute atomic E-state index is 0.0805. The van der Waals surface area contributed by atoms with Crippen LogP contribution in [0.1, 0.15) is 20.3 Å². The molecule has 90 valence electrons. The first-order valence-electron chi connectivity index (χ1n) is 5.44. The van der Waals surface area contributed by atoms with E-state index >= 15 is 0 Å². The summed E-state index contributed by atoms with van der Waals surface area (Å²) in [6, 6.07) is 0. The zero-order chi connectivity index (χ0) is 11.9. The van der Waals surface area contributed by atoms with Crippen LogP contribution in [0.4, 0.5) is 0 Å². The Morgan fingerprint density at radius 3 is 2.88 bits per heavy atom. The first-order valence-corrected chi connectivity index (χ1v) is 6.90. The summed E-state index contributed by atoms with van der Waals surface area (Å²) < 4.78 is 26.4. The first-order chi connectivity index (χ1) is 7.39. The fourth-order valence-electron chi connectivity index (χ4n) is 2.33. The highest BCUT2D eigenvalue weighted by Gasteiger charge is 2.47. The van der Waals surface area contributed by atoms with Gasteiger partial charge in [0.1, 0.15) is 0 Å². The maximum absolute atomic E-state index is 11.2. The zero-order valence-electron chi connectivity index (χ0n) is 9.37. The molecule has 0 aromatic carbocycles. The fraction of sp³-hybridized carbons (Fsp3) is 1.00. The van der Waals surface area contributed by atoms with E-state index in [4.69, 9.17) is 17.1 Å². The van der Waals surface area contributed by atoms with E-state index in [-0.39, 0.29) is 30.5 Å². The fourth-order valence-corrected chi connectivity index (χ4v) is 3.35. The number of phosphoric acid groups is 1. The van der Waals surface area contributed by atoms with E-state index in [1.54, 1.807) is 0 Å². The van der Waals surface area contributed by atoms with Gasteiger partial charge in [-0.25, -0.2) is 0 Å². The van der Waals surface area contributed by atoms with Gasteiger partial charge in [-0.3, -0.25) is 4.57 Å². The molecule has 0 bridgehead atoms. The monoisotopic (exact) mass is 245 g/mol. The molecule has 2 radical (unpaired) electrons. The van der Waals surface area contributed by atoms with Crippen LogP contribution in [-0.4, -0.2) is 32.8 Å². The van der Waals surface area contributed by atoms with Crippen molar-refractivity contribution in [2.45, 2.75) is 44.4 Å². The molecule has 0 aromatic rings. The summed E-state index contributed by atoms with van der Waals surface area (Å²) in [5.41, 5.74) is 0. The van der Waals surface area contributed by atoms with Crippen molar-refractivity contribution in [2.75, 3.05) is 6.61 Å². The lowest BCUT2D eigenvalue weighted by molar-refractivity contribution is -0.243. The molecule has 0 spiro atoms. The van der Waals surface area contributed by atoms with E-state index < -0.39 is 13.9 Å². The molecule has 0 N–H and O–H groups in total. The zero-order valence-corrected chi connectivity index (χ0v) is 10.3. The predicted octanol–water partition coefficient (Wildman–Crippen LogP) is 0.641. The lowest BCUT2D eigenvalue weighted by Crippen LogP contribution is -2.38. The summed E-state index contributed by atoms with van der Waals surface area (Å²) in [5.74, 6) is -0.395. The van der Waals surface area contributed by atoms with E-state index in [1.165, 1.54) is 0 Å². The molecule has 3 unspecified atom stereocenters. The van der Waals surface area contributed by atoms with Crippen LogP contribution < -0.4 is 4.89 Å². The highest BCUT2D eigenvalue weighted by molar-refractivity contribution is 7.45. The Morgan fingerprint density at radius 1 is 1.56 bits per heavy atom. The summed E-state index contributed by atoms with van der Waals surface area (Å²) in [6.45, 7) is 3.97. The Hall–Kier alpha value is 0.135. The summed E-state index contributed by atoms with van der Waals surface area (Å²) in [4.78, 5) is 11.2. The number of rotatable bonds is 2. The third-order valence-electron chi connectivity index (χ3n) is 2.95. The molecule has 5 nitrogen and oxygen atoms in total. The molecule has 0 aromatic heterocycles. The molecular formula is C9H15BO5P-. The van der Waals surface area contributed by atoms with E-state index in [1.807, 2.05) is 13.8 Å². The van der Waals surface area contributed by atoms with Gasteiger partial charge in [0, 0.05) is 5.92 Å². The number of fused-ring (bicyclic) bond motifs is 1. The van der Waals surface area contributed by atoms with Crippen molar-refractivity contribution >= 4 is 15.7 Å². The molecule has 1 saturated heterocycles. The SMILES string of the molecule is [B][C@H]1CC(OC(C)C)[C@H]2COP(=O)([O-])OC21. The maximum atomic E-state index is 11.2. The van der Waals surface area contributed by atoms with Gasteiger partial charge in [0.05, 0.1) is 32.8 Å². The van der Waals surface area contributed by atoms with Gasteiger partial charge in [-0.1, -0.05) is 0 Å². The first kappa shape index (κ1) is 12.6. The van der Waals surface area contributed by atoms with E-state index in [2.05, 4.69) is 4.52 Å². The second kappa shape index (κ2) is 4.43. The van der Waals surface area contributed by atoms with Crippen LogP contribution in [0.2, 0.25) is 5.82 Å². The molecule has 1 aliphatic heterocycles. The van der Waals surface area contributed by atoms with Crippen LogP contribution >= 0.6 is 7.82 Å². The Labute approximate surface area is 96.5 Å². The van der Waals surface area contributed by atoms with Crippen molar-refractivity contribution in [3.05, 3.63) is 0 Å². The van der Waals surface area contributed by atoms with Crippen LogP contribution in [0.25, 0.3) is 0 Å². The Bertz CT molecular complexity index is 310. The molecule has 5 atom stereocenters. The lowest BCUT2D eigenvalue weighted by atomic mass is 9.83. The van der Waals surface area contributed by atoms with Gasteiger partial charge in [-0.15, -0.1) is 0 Å². The number of phosphoric ester groups is 1. The van der Waals surface area contributed by atoms with Gasteiger partial charge < -0.3 is 18.7 Å². The largest absolute Gasteiger partial charge is 0.756 e. The van der Waals surface area contributed by atoms with Gasteiger partial charge in [0.15, 0.2) is 0 Å². The van der Waals surface area contributed by atoms with Crippen molar-refractivity contribution < 1.29 is 23.2 Å². The topological polar surface area (TPSA) is 67.8 Å². The highest BCUT2D eigenvalue weighted by Crippen LogP contribution is 2.53. The van der Waals surface area contributed by atoms with Gasteiger partial charge in [-0.2, -0.15) is 0 Å². The summed E-state index contributed by atoms with van der Waals surface area (Å²) >= 11 is 0. The Morgan fingerprint density at radius 2 is 2.25 bits per heavy atom. The van der Waals surface area contributed by atoms with Crippen LogP contribution in [0.5, 0.6) is 0 Å². The molecule has 2 rings (SSSR count). The van der Waals surface area contributed by atoms with Crippen LogP contribution in [-0.2, 0) is 18.3 Å². The average molecular weight is 245 g/mol. The van der Waals surface area contributed by atoms with Crippen molar-refractivity contribution in [3.63, 3.8) is 0 Å². The normalized spacial score (nSPS) is 48.2. The minimum atomic E-state index is -4.14. The molecule has 2 aliphatic rings. The minimum Gasteiger partial charge on any atom is -0.756 e. The smallest absolute Gasteiger partial charge is 0.268 e. The second-order valence-corrected chi connectivity index (χ2v) is 5.96.